The minimum atomic E-state index is 0.0482. The van der Waals surface area contributed by atoms with Crippen LogP contribution >= 0.6 is 0 Å². The van der Waals surface area contributed by atoms with Crippen LogP contribution in [0.2, 0.25) is 0 Å². The standard InChI is InChI=1S/C15H18N4O/c1-11-8-12-4-2-3-5-13(12)19(9-11)15(20)10-18-7-6-14(16)17-18/h2-7,11H,8-10H2,1H3,(H2,16,17). The van der Waals surface area contributed by atoms with E-state index >= 15 is 0 Å². The van der Waals surface area contributed by atoms with Crippen molar-refractivity contribution < 1.29 is 4.79 Å². The molecule has 1 aliphatic rings. The number of nitrogens with zero attached hydrogens (tertiary/aromatic N) is 3. The number of amides is 1. The summed E-state index contributed by atoms with van der Waals surface area (Å²) in [5.41, 5.74) is 7.83. The maximum Gasteiger partial charge on any atom is 0.248 e. The number of nitrogen functional groups attached to an aromatic ring is 1. The van der Waals surface area contributed by atoms with E-state index in [1.165, 1.54) is 5.56 Å². The van der Waals surface area contributed by atoms with Crippen LogP contribution in [0.15, 0.2) is 36.5 Å². The highest BCUT2D eigenvalue weighted by Crippen LogP contribution is 2.29. The van der Waals surface area contributed by atoms with Gasteiger partial charge in [-0.15, -0.1) is 0 Å². The predicted octanol–water partition coefficient (Wildman–Crippen LogP) is 1.69. The van der Waals surface area contributed by atoms with Crippen LogP contribution in [0.25, 0.3) is 0 Å². The molecule has 1 aliphatic heterocycles. The molecule has 104 valence electrons. The van der Waals surface area contributed by atoms with Gasteiger partial charge in [-0.25, -0.2) is 0 Å². The first kappa shape index (κ1) is 12.7. The Balaban J connectivity index is 1.84. The van der Waals surface area contributed by atoms with Gasteiger partial charge in [0.15, 0.2) is 0 Å². The van der Waals surface area contributed by atoms with Gasteiger partial charge in [0.25, 0.3) is 0 Å². The second-order valence-corrected chi connectivity index (χ2v) is 5.38. The Kier molecular flexibility index (Phi) is 3.18. The van der Waals surface area contributed by atoms with Gasteiger partial charge in [-0.1, -0.05) is 25.1 Å². The van der Waals surface area contributed by atoms with Gasteiger partial charge in [-0.3, -0.25) is 9.48 Å². The molecule has 20 heavy (non-hydrogen) atoms. The summed E-state index contributed by atoms with van der Waals surface area (Å²) in [5.74, 6) is 0.953. The largest absolute Gasteiger partial charge is 0.382 e. The summed E-state index contributed by atoms with van der Waals surface area (Å²) in [6.07, 6.45) is 2.75. The van der Waals surface area contributed by atoms with E-state index in [1.807, 2.05) is 23.1 Å². The van der Waals surface area contributed by atoms with Crippen LogP contribution in [-0.2, 0) is 17.8 Å². The third-order valence-electron chi connectivity index (χ3n) is 3.60. The molecule has 0 aliphatic carbocycles. The van der Waals surface area contributed by atoms with Crippen molar-refractivity contribution >= 4 is 17.4 Å². The zero-order chi connectivity index (χ0) is 14.1. The van der Waals surface area contributed by atoms with Crippen LogP contribution in [0.4, 0.5) is 11.5 Å². The normalized spacial score (nSPS) is 17.9. The molecule has 1 atom stereocenters. The molecular weight excluding hydrogens is 252 g/mol. The van der Waals surface area contributed by atoms with E-state index in [1.54, 1.807) is 16.9 Å². The van der Waals surface area contributed by atoms with Gasteiger partial charge in [0, 0.05) is 18.4 Å². The number of carbonyl (C=O) groups is 1. The van der Waals surface area contributed by atoms with Gasteiger partial charge in [0.05, 0.1) is 0 Å². The highest BCUT2D eigenvalue weighted by molar-refractivity contribution is 5.94. The van der Waals surface area contributed by atoms with Crippen LogP contribution in [0.3, 0.4) is 0 Å². The minimum Gasteiger partial charge on any atom is -0.382 e. The van der Waals surface area contributed by atoms with Crippen molar-refractivity contribution in [3.05, 3.63) is 42.1 Å². The monoisotopic (exact) mass is 270 g/mol. The summed E-state index contributed by atoms with van der Waals surface area (Å²) >= 11 is 0. The molecule has 2 aromatic rings. The van der Waals surface area contributed by atoms with Crippen molar-refractivity contribution in [1.82, 2.24) is 9.78 Å². The highest BCUT2D eigenvalue weighted by atomic mass is 16.2. The van der Waals surface area contributed by atoms with E-state index in [0.29, 0.717) is 11.7 Å². The van der Waals surface area contributed by atoms with E-state index < -0.39 is 0 Å². The molecule has 0 bridgehead atoms. The number of fused-ring (bicyclic) bond motifs is 1. The number of rotatable bonds is 2. The summed E-state index contributed by atoms with van der Waals surface area (Å²) < 4.78 is 1.58. The molecule has 1 amide bonds. The SMILES string of the molecule is CC1Cc2ccccc2N(C(=O)Cn2ccc(N)n2)C1. The molecule has 1 aromatic heterocycles. The van der Waals surface area contributed by atoms with E-state index in [2.05, 4.69) is 18.1 Å². The Morgan fingerprint density at radius 2 is 2.20 bits per heavy atom. The fraction of sp³-hybridized carbons (Fsp3) is 0.333. The van der Waals surface area contributed by atoms with Gasteiger partial charge in [0.2, 0.25) is 5.91 Å². The highest BCUT2D eigenvalue weighted by Gasteiger charge is 2.26. The van der Waals surface area contributed by atoms with Crippen LogP contribution in [0, 0.1) is 5.92 Å². The van der Waals surface area contributed by atoms with Crippen molar-refractivity contribution in [3.63, 3.8) is 0 Å². The lowest BCUT2D eigenvalue weighted by molar-refractivity contribution is -0.119. The van der Waals surface area contributed by atoms with Gasteiger partial charge < -0.3 is 10.6 Å². The lowest BCUT2D eigenvalue weighted by atomic mass is 9.94. The van der Waals surface area contributed by atoms with Crippen molar-refractivity contribution in [2.75, 3.05) is 17.2 Å². The summed E-state index contributed by atoms with van der Waals surface area (Å²) in [6.45, 7) is 3.15. The number of carbonyl (C=O) groups excluding carboxylic acids is 1. The Morgan fingerprint density at radius 3 is 2.95 bits per heavy atom. The molecule has 5 heteroatoms. The molecule has 0 fully saturated rings. The van der Waals surface area contributed by atoms with Crippen LogP contribution in [-0.4, -0.2) is 22.2 Å². The summed E-state index contributed by atoms with van der Waals surface area (Å²) in [5, 5.41) is 4.07. The summed E-state index contributed by atoms with van der Waals surface area (Å²) in [4.78, 5) is 14.4. The lowest BCUT2D eigenvalue weighted by Crippen LogP contribution is -2.41. The first-order chi connectivity index (χ1) is 9.63. The molecule has 0 radical (unpaired) electrons. The second-order valence-electron chi connectivity index (χ2n) is 5.38. The van der Waals surface area contributed by atoms with E-state index in [4.69, 9.17) is 5.73 Å². The molecule has 0 spiro atoms. The van der Waals surface area contributed by atoms with Gasteiger partial charge in [-0.05, 0) is 30.0 Å². The Hall–Kier alpha value is -2.30. The number of hydrogen-bond donors (Lipinski definition) is 1. The number of hydrogen-bond acceptors (Lipinski definition) is 3. The number of anilines is 2. The van der Waals surface area contributed by atoms with Gasteiger partial charge >= 0.3 is 0 Å². The molecular formula is C15H18N4O. The molecule has 1 aromatic carbocycles. The van der Waals surface area contributed by atoms with E-state index in [0.717, 1.165) is 18.7 Å². The third-order valence-corrected chi connectivity index (χ3v) is 3.60. The molecule has 0 saturated carbocycles. The average molecular weight is 270 g/mol. The lowest BCUT2D eigenvalue weighted by Gasteiger charge is -2.33. The second kappa shape index (κ2) is 5.00. The minimum absolute atomic E-state index is 0.0482. The van der Waals surface area contributed by atoms with Crippen LogP contribution in [0.1, 0.15) is 12.5 Å². The molecule has 3 rings (SSSR count). The number of nitrogens with two attached hydrogens (primary N) is 1. The van der Waals surface area contributed by atoms with Gasteiger partial charge in [0.1, 0.15) is 12.4 Å². The fourth-order valence-corrected chi connectivity index (χ4v) is 2.72. The number of aromatic nitrogens is 2. The van der Waals surface area contributed by atoms with Crippen molar-refractivity contribution in [1.29, 1.82) is 0 Å². The molecule has 1 unspecified atom stereocenters. The van der Waals surface area contributed by atoms with Crippen LogP contribution in [0.5, 0.6) is 0 Å². The average Bonchev–Trinajstić information content (AvgIpc) is 2.83. The molecule has 5 nitrogen and oxygen atoms in total. The number of benzene rings is 1. The molecule has 0 saturated heterocycles. The maximum atomic E-state index is 12.5. The summed E-state index contributed by atoms with van der Waals surface area (Å²) in [6, 6.07) is 9.79. The molecule has 2 heterocycles. The Labute approximate surface area is 118 Å². The van der Waals surface area contributed by atoms with Crippen LogP contribution < -0.4 is 10.6 Å². The van der Waals surface area contributed by atoms with Crippen molar-refractivity contribution in [2.45, 2.75) is 19.9 Å². The van der Waals surface area contributed by atoms with Crippen molar-refractivity contribution in [2.24, 2.45) is 5.92 Å². The molecule has 2 N–H and O–H groups in total. The number of para-hydroxylation sites is 1. The fourth-order valence-electron chi connectivity index (χ4n) is 2.72. The zero-order valence-electron chi connectivity index (χ0n) is 11.5. The topological polar surface area (TPSA) is 64.2 Å². The van der Waals surface area contributed by atoms with Crippen molar-refractivity contribution in [3.8, 4) is 0 Å². The van der Waals surface area contributed by atoms with E-state index in [-0.39, 0.29) is 12.5 Å². The maximum absolute atomic E-state index is 12.5. The smallest absolute Gasteiger partial charge is 0.248 e. The predicted molar refractivity (Wildman–Crippen MR) is 78.3 cm³/mol. The summed E-state index contributed by atoms with van der Waals surface area (Å²) in [7, 11) is 0. The Bertz CT molecular complexity index is 634. The van der Waals surface area contributed by atoms with E-state index in [9.17, 15) is 4.79 Å². The quantitative estimate of drug-likeness (QED) is 0.903. The first-order valence-corrected chi connectivity index (χ1v) is 6.80. The zero-order valence-corrected chi connectivity index (χ0v) is 11.5. The van der Waals surface area contributed by atoms with Gasteiger partial charge in [-0.2, -0.15) is 5.10 Å². The Morgan fingerprint density at radius 1 is 1.40 bits per heavy atom. The third kappa shape index (κ3) is 2.39. The first-order valence-electron chi connectivity index (χ1n) is 6.80.